The van der Waals surface area contributed by atoms with Crippen LogP contribution in [0.4, 0.5) is 11.4 Å². The number of nitro benzene ring substituents is 1. The molecule has 1 heterocycles. The number of piperazine rings is 1. The zero-order chi connectivity index (χ0) is 22.1. The first-order chi connectivity index (χ1) is 14.4. The highest BCUT2D eigenvalue weighted by molar-refractivity contribution is 5.95. The van der Waals surface area contributed by atoms with Crippen LogP contribution in [0.25, 0.3) is 0 Å². The second-order valence-corrected chi connectivity index (χ2v) is 7.04. The van der Waals surface area contributed by atoms with E-state index >= 15 is 0 Å². The Morgan fingerprint density at radius 1 is 1.20 bits per heavy atom. The van der Waals surface area contributed by atoms with Gasteiger partial charge in [0.25, 0.3) is 11.6 Å². The lowest BCUT2D eigenvalue weighted by molar-refractivity contribution is -0.384. The molecule has 1 aliphatic rings. The molecule has 1 aliphatic heterocycles. The third-order valence-electron chi connectivity index (χ3n) is 5.20. The lowest BCUT2D eigenvalue weighted by Crippen LogP contribution is -2.51. The molecule has 0 unspecified atom stereocenters. The fourth-order valence-corrected chi connectivity index (χ4v) is 3.41. The summed E-state index contributed by atoms with van der Waals surface area (Å²) in [6, 6.07) is 4.47. The van der Waals surface area contributed by atoms with E-state index in [1.165, 1.54) is 6.07 Å². The maximum Gasteiger partial charge on any atom is 0.293 e. The number of carbonyl (C=O) groups is 2. The van der Waals surface area contributed by atoms with E-state index in [0.717, 1.165) is 0 Å². The van der Waals surface area contributed by atoms with Gasteiger partial charge in [-0.3, -0.25) is 24.6 Å². The van der Waals surface area contributed by atoms with E-state index in [2.05, 4.69) is 5.32 Å². The topological polar surface area (TPSA) is 108 Å². The van der Waals surface area contributed by atoms with E-state index in [0.29, 0.717) is 64.7 Å². The number of carbonyl (C=O) groups excluding carboxylic acids is 2. The molecule has 0 atom stereocenters. The predicted molar refractivity (Wildman–Crippen MR) is 114 cm³/mol. The van der Waals surface area contributed by atoms with Gasteiger partial charge in [-0.15, -0.1) is 0 Å². The first-order valence-corrected chi connectivity index (χ1v) is 10.2. The second kappa shape index (κ2) is 11.5. The maximum absolute atomic E-state index is 12.8. The van der Waals surface area contributed by atoms with E-state index in [1.807, 2.05) is 18.7 Å². The van der Waals surface area contributed by atoms with E-state index in [9.17, 15) is 19.7 Å². The minimum Gasteiger partial charge on any atom is -0.383 e. The van der Waals surface area contributed by atoms with E-state index < -0.39 is 4.92 Å². The Morgan fingerprint density at radius 2 is 1.87 bits per heavy atom. The Morgan fingerprint density at radius 3 is 2.43 bits per heavy atom. The van der Waals surface area contributed by atoms with Crippen LogP contribution in [-0.2, 0) is 9.53 Å². The zero-order valence-electron chi connectivity index (χ0n) is 17.9. The molecule has 2 amide bonds. The summed E-state index contributed by atoms with van der Waals surface area (Å²) >= 11 is 0. The lowest BCUT2D eigenvalue weighted by Gasteiger charge is -2.35. The van der Waals surface area contributed by atoms with Crippen molar-refractivity contribution >= 4 is 23.2 Å². The van der Waals surface area contributed by atoms with Crippen molar-refractivity contribution in [1.29, 1.82) is 0 Å². The van der Waals surface area contributed by atoms with Gasteiger partial charge in [0.1, 0.15) is 5.69 Å². The van der Waals surface area contributed by atoms with Crippen LogP contribution in [-0.4, -0.2) is 97.5 Å². The van der Waals surface area contributed by atoms with Crippen molar-refractivity contribution in [3.05, 3.63) is 33.9 Å². The minimum absolute atomic E-state index is 0.0898. The van der Waals surface area contributed by atoms with Gasteiger partial charge < -0.3 is 19.9 Å². The Hall–Kier alpha value is -2.72. The Bertz CT molecular complexity index is 745. The smallest absolute Gasteiger partial charge is 0.293 e. The van der Waals surface area contributed by atoms with Crippen LogP contribution >= 0.6 is 0 Å². The SMILES string of the molecule is CCN(CC)C(=O)CN1CCN(C(=O)c2ccc(NCCOC)c([N+](=O)[O-])c2)CC1. The maximum atomic E-state index is 12.8. The van der Waals surface area contributed by atoms with Gasteiger partial charge in [0.2, 0.25) is 5.91 Å². The van der Waals surface area contributed by atoms with Crippen molar-refractivity contribution in [3.8, 4) is 0 Å². The molecule has 10 heteroatoms. The molecule has 1 N–H and O–H groups in total. The van der Waals surface area contributed by atoms with E-state index in [1.54, 1.807) is 29.0 Å². The first-order valence-electron chi connectivity index (χ1n) is 10.2. The molecule has 10 nitrogen and oxygen atoms in total. The molecule has 0 saturated carbocycles. The molecule has 1 aromatic carbocycles. The van der Waals surface area contributed by atoms with Crippen molar-refractivity contribution < 1.29 is 19.2 Å². The van der Waals surface area contributed by atoms with Crippen molar-refractivity contribution in [3.63, 3.8) is 0 Å². The van der Waals surface area contributed by atoms with Gasteiger partial charge in [-0.2, -0.15) is 0 Å². The van der Waals surface area contributed by atoms with E-state index in [4.69, 9.17) is 4.74 Å². The van der Waals surface area contributed by atoms with Crippen molar-refractivity contribution in [1.82, 2.24) is 14.7 Å². The largest absolute Gasteiger partial charge is 0.383 e. The number of nitro groups is 1. The minimum atomic E-state index is -0.497. The summed E-state index contributed by atoms with van der Waals surface area (Å²) in [7, 11) is 1.55. The molecule has 0 aliphatic carbocycles. The van der Waals surface area contributed by atoms with Gasteiger partial charge in [0.15, 0.2) is 0 Å². The van der Waals surface area contributed by atoms with Gasteiger partial charge >= 0.3 is 0 Å². The fourth-order valence-electron chi connectivity index (χ4n) is 3.41. The molecule has 0 radical (unpaired) electrons. The number of benzene rings is 1. The summed E-state index contributed by atoms with van der Waals surface area (Å²) < 4.78 is 4.94. The van der Waals surface area contributed by atoms with Crippen LogP contribution in [0.2, 0.25) is 0 Å². The molecule has 166 valence electrons. The molecule has 1 aromatic rings. The summed E-state index contributed by atoms with van der Waals surface area (Å²) in [5.74, 6) is -0.150. The van der Waals surface area contributed by atoms with Crippen LogP contribution in [0.1, 0.15) is 24.2 Å². The fraction of sp³-hybridized carbons (Fsp3) is 0.600. The molecule has 1 saturated heterocycles. The Balaban J connectivity index is 1.98. The molecule has 0 aromatic heterocycles. The highest BCUT2D eigenvalue weighted by atomic mass is 16.6. The molecule has 2 rings (SSSR count). The monoisotopic (exact) mass is 421 g/mol. The molecule has 0 bridgehead atoms. The molecule has 1 fully saturated rings. The van der Waals surface area contributed by atoms with Crippen LogP contribution in [0.15, 0.2) is 18.2 Å². The Labute approximate surface area is 176 Å². The van der Waals surface area contributed by atoms with E-state index in [-0.39, 0.29) is 23.1 Å². The zero-order valence-corrected chi connectivity index (χ0v) is 17.9. The average Bonchev–Trinajstić information content (AvgIpc) is 2.75. The van der Waals surface area contributed by atoms with Gasteiger partial charge in [-0.25, -0.2) is 0 Å². The molecular formula is C20H31N5O5. The highest BCUT2D eigenvalue weighted by Crippen LogP contribution is 2.26. The second-order valence-electron chi connectivity index (χ2n) is 7.04. The number of amides is 2. The van der Waals surface area contributed by atoms with Crippen LogP contribution < -0.4 is 5.32 Å². The van der Waals surface area contributed by atoms with Gasteiger partial charge in [0.05, 0.1) is 18.1 Å². The summed E-state index contributed by atoms with van der Waals surface area (Å²) in [5.41, 5.74) is 0.500. The normalized spacial score (nSPS) is 14.4. The third kappa shape index (κ3) is 6.14. The van der Waals surface area contributed by atoms with Gasteiger partial charge in [-0.05, 0) is 26.0 Å². The number of rotatable bonds is 10. The summed E-state index contributed by atoms with van der Waals surface area (Å²) in [6.45, 7) is 8.61. The highest BCUT2D eigenvalue weighted by Gasteiger charge is 2.26. The summed E-state index contributed by atoms with van der Waals surface area (Å²) in [6.07, 6.45) is 0. The summed E-state index contributed by atoms with van der Waals surface area (Å²) in [5, 5.41) is 14.4. The molecule has 0 spiro atoms. The number of nitrogens with zero attached hydrogens (tertiary/aromatic N) is 4. The lowest BCUT2D eigenvalue weighted by atomic mass is 10.1. The average molecular weight is 421 g/mol. The predicted octanol–water partition coefficient (Wildman–Crippen LogP) is 1.28. The number of ether oxygens (including phenoxy) is 1. The van der Waals surface area contributed by atoms with Gasteiger partial charge in [-0.1, -0.05) is 0 Å². The standard InChI is InChI=1S/C20H31N5O5/c1-4-23(5-2)19(26)15-22-9-11-24(12-10-22)20(27)16-6-7-17(21-8-13-30-3)18(14-16)25(28)29/h6-7,14,21H,4-5,8-13,15H2,1-3H3. The third-order valence-corrected chi connectivity index (χ3v) is 5.20. The summed E-state index contributed by atoms with van der Waals surface area (Å²) in [4.78, 5) is 41.5. The van der Waals surface area contributed by atoms with Gasteiger partial charge in [0, 0.05) is 64.6 Å². The molecular weight excluding hydrogens is 390 g/mol. The number of hydrogen-bond donors (Lipinski definition) is 1. The van der Waals surface area contributed by atoms with Crippen LogP contribution in [0.5, 0.6) is 0 Å². The van der Waals surface area contributed by atoms with Crippen molar-refractivity contribution in [2.75, 3.05) is 71.4 Å². The number of nitrogens with one attached hydrogen (secondary N) is 1. The Kier molecular flexibility index (Phi) is 9.00. The van der Waals surface area contributed by atoms with Crippen molar-refractivity contribution in [2.45, 2.75) is 13.8 Å². The number of methoxy groups -OCH3 is 1. The number of hydrogen-bond acceptors (Lipinski definition) is 7. The molecule has 30 heavy (non-hydrogen) atoms. The number of likely N-dealkylation sites (N-methyl/N-ethyl adjacent to an activating group) is 1. The van der Waals surface area contributed by atoms with Crippen molar-refractivity contribution in [2.24, 2.45) is 0 Å². The van der Waals surface area contributed by atoms with Crippen LogP contribution in [0.3, 0.4) is 0 Å². The quantitative estimate of drug-likeness (QED) is 0.344. The van der Waals surface area contributed by atoms with Crippen LogP contribution in [0, 0.1) is 10.1 Å². The number of anilines is 1. The first kappa shape index (κ1) is 23.6.